The van der Waals surface area contributed by atoms with E-state index in [2.05, 4.69) is 0 Å². The average molecular weight is 495 g/mol. The van der Waals surface area contributed by atoms with Crippen LogP contribution in [0.2, 0.25) is 5.02 Å². The van der Waals surface area contributed by atoms with Crippen LogP contribution in [0.4, 0.5) is 5.69 Å². The second-order valence-corrected chi connectivity index (χ2v) is 10.8. The van der Waals surface area contributed by atoms with Crippen LogP contribution in [0, 0.1) is 0 Å². The molecule has 8 nitrogen and oxygen atoms in total. The van der Waals surface area contributed by atoms with Crippen LogP contribution in [-0.4, -0.2) is 77.2 Å². The lowest BCUT2D eigenvalue weighted by Crippen LogP contribution is -2.62. The SMILES string of the molecule is COc1ccc(N2C(=O)CN(CCc3ccc(OC)c(OC)c3)[C@H]3CS(=O)(=O)C[C@H]32)cc1Cl. The first-order chi connectivity index (χ1) is 15.8. The van der Waals surface area contributed by atoms with Gasteiger partial charge in [0.1, 0.15) is 5.75 Å². The monoisotopic (exact) mass is 494 g/mol. The van der Waals surface area contributed by atoms with Crippen molar-refractivity contribution >= 4 is 33.0 Å². The summed E-state index contributed by atoms with van der Waals surface area (Å²) in [5, 5.41) is 0.371. The number of anilines is 1. The summed E-state index contributed by atoms with van der Waals surface area (Å²) in [6.45, 7) is 0.683. The second kappa shape index (κ2) is 9.40. The number of sulfone groups is 1. The van der Waals surface area contributed by atoms with E-state index in [1.54, 1.807) is 37.3 Å². The van der Waals surface area contributed by atoms with Crippen molar-refractivity contribution in [3.05, 3.63) is 47.0 Å². The Morgan fingerprint density at radius 1 is 0.939 bits per heavy atom. The van der Waals surface area contributed by atoms with Crippen molar-refractivity contribution in [2.24, 2.45) is 0 Å². The topological polar surface area (TPSA) is 85.4 Å². The number of methoxy groups -OCH3 is 3. The molecule has 2 fully saturated rings. The summed E-state index contributed by atoms with van der Waals surface area (Å²) < 4.78 is 41.0. The van der Waals surface area contributed by atoms with Crippen LogP contribution >= 0.6 is 11.6 Å². The van der Waals surface area contributed by atoms with Gasteiger partial charge >= 0.3 is 0 Å². The number of benzene rings is 2. The summed E-state index contributed by atoms with van der Waals surface area (Å²) in [5.74, 6) is 1.58. The fraction of sp³-hybridized carbons (Fsp3) is 0.435. The van der Waals surface area contributed by atoms with E-state index in [1.807, 2.05) is 23.1 Å². The fourth-order valence-corrected chi connectivity index (χ4v) is 6.89. The van der Waals surface area contributed by atoms with Crippen LogP contribution in [0.3, 0.4) is 0 Å². The van der Waals surface area contributed by atoms with Gasteiger partial charge in [-0.05, 0) is 42.3 Å². The minimum absolute atomic E-state index is 0.0251. The quantitative estimate of drug-likeness (QED) is 0.584. The van der Waals surface area contributed by atoms with E-state index in [0.29, 0.717) is 40.9 Å². The Kier molecular flexibility index (Phi) is 6.74. The molecule has 0 saturated carbocycles. The van der Waals surface area contributed by atoms with Gasteiger partial charge in [0.2, 0.25) is 5.91 Å². The van der Waals surface area contributed by atoms with Crippen molar-refractivity contribution in [1.29, 1.82) is 0 Å². The van der Waals surface area contributed by atoms with Crippen LogP contribution in [0.1, 0.15) is 5.56 Å². The van der Waals surface area contributed by atoms with Crippen molar-refractivity contribution in [1.82, 2.24) is 4.90 Å². The molecule has 178 valence electrons. The lowest BCUT2D eigenvalue weighted by Gasteiger charge is -2.43. The molecule has 0 aliphatic carbocycles. The maximum Gasteiger partial charge on any atom is 0.241 e. The summed E-state index contributed by atoms with van der Waals surface area (Å²) in [4.78, 5) is 16.8. The summed E-state index contributed by atoms with van der Waals surface area (Å²) in [6.07, 6.45) is 0.644. The Morgan fingerprint density at radius 3 is 2.27 bits per heavy atom. The third-order valence-electron chi connectivity index (χ3n) is 6.25. The smallest absolute Gasteiger partial charge is 0.241 e. The maximum atomic E-state index is 13.2. The Balaban J connectivity index is 1.57. The number of carbonyl (C=O) groups excluding carboxylic acids is 1. The third kappa shape index (κ3) is 4.76. The van der Waals surface area contributed by atoms with Crippen LogP contribution < -0.4 is 19.1 Å². The number of rotatable bonds is 7. The van der Waals surface area contributed by atoms with Crippen molar-refractivity contribution in [3.8, 4) is 17.2 Å². The molecule has 2 atom stereocenters. The fourth-order valence-electron chi connectivity index (χ4n) is 4.65. The van der Waals surface area contributed by atoms with Gasteiger partial charge in [0.05, 0.1) is 50.4 Å². The molecule has 2 aromatic rings. The molecule has 33 heavy (non-hydrogen) atoms. The molecular formula is C23H27ClN2O6S. The number of hydrogen-bond donors (Lipinski definition) is 0. The van der Waals surface area contributed by atoms with Crippen LogP contribution in [0.5, 0.6) is 17.2 Å². The molecule has 2 aliphatic heterocycles. The highest BCUT2D eigenvalue weighted by Gasteiger charge is 2.49. The Hall–Kier alpha value is -2.49. The Morgan fingerprint density at radius 2 is 1.61 bits per heavy atom. The van der Waals surface area contributed by atoms with E-state index in [-0.39, 0.29) is 30.0 Å². The number of hydrogen-bond acceptors (Lipinski definition) is 7. The van der Waals surface area contributed by atoms with Crippen molar-refractivity contribution in [2.75, 3.05) is 50.8 Å². The number of fused-ring (bicyclic) bond motifs is 1. The van der Waals surface area contributed by atoms with Crippen LogP contribution in [-0.2, 0) is 21.1 Å². The van der Waals surface area contributed by atoms with Crippen molar-refractivity contribution < 1.29 is 27.4 Å². The highest BCUT2D eigenvalue weighted by Crippen LogP contribution is 2.35. The van der Waals surface area contributed by atoms with Gasteiger partial charge in [-0.15, -0.1) is 0 Å². The molecule has 0 bridgehead atoms. The van der Waals surface area contributed by atoms with Crippen molar-refractivity contribution in [2.45, 2.75) is 18.5 Å². The maximum absolute atomic E-state index is 13.2. The first-order valence-electron chi connectivity index (χ1n) is 10.6. The van der Waals surface area contributed by atoms with Gasteiger partial charge in [0.25, 0.3) is 0 Å². The third-order valence-corrected chi connectivity index (χ3v) is 8.24. The molecule has 10 heteroatoms. The first kappa shape index (κ1) is 23.7. The number of amides is 1. The zero-order valence-corrected chi connectivity index (χ0v) is 20.4. The minimum Gasteiger partial charge on any atom is -0.495 e. The lowest BCUT2D eigenvalue weighted by atomic mass is 10.0. The normalized spacial score (nSPS) is 22.2. The predicted molar refractivity (Wildman–Crippen MR) is 127 cm³/mol. The molecule has 2 saturated heterocycles. The number of carbonyl (C=O) groups is 1. The Labute approximate surface area is 198 Å². The van der Waals surface area contributed by atoms with Gasteiger partial charge < -0.3 is 19.1 Å². The van der Waals surface area contributed by atoms with Crippen LogP contribution in [0.25, 0.3) is 0 Å². The molecule has 0 unspecified atom stereocenters. The average Bonchev–Trinajstić information content (AvgIpc) is 3.11. The van der Waals surface area contributed by atoms with E-state index in [4.69, 9.17) is 25.8 Å². The predicted octanol–water partition coefficient (Wildman–Crippen LogP) is 2.42. The summed E-state index contributed by atoms with van der Waals surface area (Å²) in [5.41, 5.74) is 1.60. The molecular weight excluding hydrogens is 468 g/mol. The summed E-state index contributed by atoms with van der Waals surface area (Å²) in [6, 6.07) is 10.0. The van der Waals surface area contributed by atoms with Gasteiger partial charge in [-0.25, -0.2) is 8.42 Å². The largest absolute Gasteiger partial charge is 0.495 e. The molecule has 4 rings (SSSR count). The Bertz CT molecular complexity index is 1160. The summed E-state index contributed by atoms with van der Waals surface area (Å²) >= 11 is 6.28. The second-order valence-electron chi connectivity index (χ2n) is 8.20. The lowest BCUT2D eigenvalue weighted by molar-refractivity contribution is -0.123. The van der Waals surface area contributed by atoms with Crippen LogP contribution in [0.15, 0.2) is 36.4 Å². The summed E-state index contributed by atoms with van der Waals surface area (Å²) in [7, 11) is 1.40. The van der Waals surface area contributed by atoms with Gasteiger partial charge in [-0.1, -0.05) is 17.7 Å². The molecule has 2 aliphatic rings. The van der Waals surface area contributed by atoms with Gasteiger partial charge in [-0.2, -0.15) is 0 Å². The number of nitrogens with zero attached hydrogens (tertiary/aromatic N) is 2. The molecule has 0 aromatic heterocycles. The van der Waals surface area contributed by atoms with Gasteiger partial charge in [-0.3, -0.25) is 9.69 Å². The zero-order valence-electron chi connectivity index (χ0n) is 18.8. The molecule has 2 heterocycles. The number of piperazine rings is 1. The number of halogens is 1. The molecule has 0 radical (unpaired) electrons. The van der Waals surface area contributed by atoms with Crippen molar-refractivity contribution in [3.63, 3.8) is 0 Å². The first-order valence-corrected chi connectivity index (χ1v) is 12.8. The van der Waals surface area contributed by atoms with Gasteiger partial charge in [0.15, 0.2) is 21.3 Å². The molecule has 1 amide bonds. The zero-order chi connectivity index (χ0) is 23.8. The van der Waals surface area contributed by atoms with Gasteiger partial charge in [0, 0.05) is 18.3 Å². The molecule has 0 N–H and O–H groups in total. The minimum atomic E-state index is -3.28. The van der Waals surface area contributed by atoms with E-state index in [9.17, 15) is 13.2 Å². The highest BCUT2D eigenvalue weighted by molar-refractivity contribution is 7.91. The van der Waals surface area contributed by atoms with E-state index in [0.717, 1.165) is 5.56 Å². The standard InChI is InChI=1S/C23H27ClN2O6S/c1-30-20-7-5-16(11-17(20)24)26-19-14-33(28,29)13-18(19)25(12-23(26)27)9-8-15-4-6-21(31-2)22(10-15)32-3/h4-7,10-11,18-19H,8-9,12-14H2,1-3H3/t18-,19+/m0/s1. The van der Waals surface area contributed by atoms with E-state index < -0.39 is 15.9 Å². The van der Waals surface area contributed by atoms with E-state index in [1.165, 1.54) is 7.11 Å². The molecule has 2 aromatic carbocycles. The highest BCUT2D eigenvalue weighted by atomic mass is 35.5. The molecule has 0 spiro atoms. The number of ether oxygens (including phenoxy) is 3. The van der Waals surface area contributed by atoms with E-state index >= 15 is 0 Å².